The minimum Gasteiger partial charge on any atom is -0.264 e. The van der Waals surface area contributed by atoms with E-state index in [1.54, 1.807) is 0 Å². The van der Waals surface area contributed by atoms with Crippen molar-refractivity contribution in [3.63, 3.8) is 0 Å². The normalized spacial score (nSPS) is 11.7. The van der Waals surface area contributed by atoms with E-state index >= 15 is 0 Å². The first-order valence-electron chi connectivity index (χ1n) is 6.26. The molecule has 0 aliphatic carbocycles. The Morgan fingerprint density at radius 3 is 1.05 bits per heavy atom. The zero-order valence-corrected chi connectivity index (χ0v) is 11.7. The molecule has 0 radical (unpaired) electrons. The Bertz CT molecular complexity index is 884. The van der Waals surface area contributed by atoms with Crippen LogP contribution < -0.4 is 0 Å². The topological polar surface area (TPSA) is 74.6 Å². The molecular formula is C16H12O4S. The van der Waals surface area contributed by atoms with E-state index in [1.165, 1.54) is 32.3 Å². The van der Waals surface area contributed by atoms with Crippen molar-refractivity contribution >= 4 is 42.7 Å². The highest BCUT2D eigenvalue weighted by Crippen LogP contribution is 2.33. The fraction of sp³-hybridized carbons (Fsp3) is 0. The molecule has 0 fully saturated rings. The summed E-state index contributed by atoms with van der Waals surface area (Å²) in [5.41, 5.74) is 0. The Balaban J connectivity index is 0.000000233. The minimum atomic E-state index is -4.67. The average Bonchev–Trinajstić information content (AvgIpc) is 2.43. The lowest BCUT2D eigenvalue weighted by atomic mass is 9.95. The van der Waals surface area contributed by atoms with Crippen molar-refractivity contribution in [2.45, 2.75) is 0 Å². The fourth-order valence-corrected chi connectivity index (χ4v) is 2.67. The van der Waals surface area contributed by atoms with Gasteiger partial charge in [0.1, 0.15) is 0 Å². The molecule has 21 heavy (non-hydrogen) atoms. The second kappa shape index (κ2) is 4.96. The molecule has 0 heterocycles. The maximum atomic E-state index is 8.74. The smallest absolute Gasteiger partial charge is 0.264 e. The van der Waals surface area contributed by atoms with Crippen LogP contribution in [0.1, 0.15) is 0 Å². The van der Waals surface area contributed by atoms with Crippen molar-refractivity contribution in [2.75, 3.05) is 0 Å². The van der Waals surface area contributed by atoms with Gasteiger partial charge in [0, 0.05) is 0 Å². The van der Waals surface area contributed by atoms with Crippen molar-refractivity contribution in [3.05, 3.63) is 60.7 Å². The molecule has 0 saturated heterocycles. The van der Waals surface area contributed by atoms with Crippen LogP contribution in [-0.4, -0.2) is 17.5 Å². The number of benzene rings is 4. The summed E-state index contributed by atoms with van der Waals surface area (Å²) < 4.78 is 31.6. The number of hydrogen-bond donors (Lipinski definition) is 2. The van der Waals surface area contributed by atoms with Gasteiger partial charge in [0.25, 0.3) is 0 Å². The van der Waals surface area contributed by atoms with Crippen molar-refractivity contribution < 1.29 is 17.5 Å². The summed E-state index contributed by atoms with van der Waals surface area (Å²) in [4.78, 5) is 0. The monoisotopic (exact) mass is 300 g/mol. The molecule has 4 aromatic rings. The van der Waals surface area contributed by atoms with Crippen LogP contribution in [0.2, 0.25) is 0 Å². The first kappa shape index (κ1) is 13.8. The summed E-state index contributed by atoms with van der Waals surface area (Å²) in [5.74, 6) is 0. The van der Waals surface area contributed by atoms with Crippen LogP contribution in [-0.2, 0) is 10.4 Å². The summed E-state index contributed by atoms with van der Waals surface area (Å²) in [7, 11) is -4.67. The largest absolute Gasteiger partial charge is 0.394 e. The lowest BCUT2D eigenvalue weighted by molar-refractivity contribution is 0.381. The highest BCUT2D eigenvalue weighted by atomic mass is 32.3. The van der Waals surface area contributed by atoms with Gasteiger partial charge >= 0.3 is 10.4 Å². The lowest BCUT2D eigenvalue weighted by Gasteiger charge is -2.09. The lowest BCUT2D eigenvalue weighted by Crippen LogP contribution is -1.89. The number of rotatable bonds is 0. The molecule has 5 heteroatoms. The molecule has 4 rings (SSSR count). The van der Waals surface area contributed by atoms with E-state index < -0.39 is 10.4 Å². The van der Waals surface area contributed by atoms with Gasteiger partial charge in [0.2, 0.25) is 0 Å². The minimum absolute atomic E-state index is 1.34. The summed E-state index contributed by atoms with van der Waals surface area (Å²) in [6.45, 7) is 0. The van der Waals surface area contributed by atoms with Gasteiger partial charge in [-0.15, -0.1) is 0 Å². The van der Waals surface area contributed by atoms with Crippen LogP contribution in [0.15, 0.2) is 60.7 Å². The van der Waals surface area contributed by atoms with Gasteiger partial charge in [-0.05, 0) is 32.3 Å². The van der Waals surface area contributed by atoms with Gasteiger partial charge < -0.3 is 0 Å². The van der Waals surface area contributed by atoms with Crippen LogP contribution in [0.3, 0.4) is 0 Å². The van der Waals surface area contributed by atoms with Crippen LogP contribution in [0.4, 0.5) is 0 Å². The first-order chi connectivity index (χ1) is 9.93. The predicted molar refractivity (Wildman–Crippen MR) is 84.3 cm³/mol. The van der Waals surface area contributed by atoms with Crippen molar-refractivity contribution in [1.82, 2.24) is 0 Å². The maximum absolute atomic E-state index is 8.74. The molecule has 0 aliphatic rings. The van der Waals surface area contributed by atoms with E-state index in [1.807, 2.05) is 0 Å². The van der Waals surface area contributed by atoms with Gasteiger partial charge in [0.15, 0.2) is 0 Å². The standard InChI is InChI=1S/C16H10.H2O4S/c1-3-11-7-9-13-5-2-6-14-10-8-12(4-1)15(11)16(13)14;1-5(2,3)4/h1-10H;(H2,1,2,3,4). The molecule has 0 bridgehead atoms. The molecule has 0 amide bonds. The van der Waals surface area contributed by atoms with Gasteiger partial charge in [-0.2, -0.15) is 8.42 Å². The molecule has 0 aliphatic heterocycles. The Labute approximate surface area is 121 Å². The predicted octanol–water partition coefficient (Wildman–Crippen LogP) is 3.93. The fourth-order valence-electron chi connectivity index (χ4n) is 2.67. The summed E-state index contributed by atoms with van der Waals surface area (Å²) in [6, 6.07) is 21.9. The van der Waals surface area contributed by atoms with Gasteiger partial charge in [-0.3, -0.25) is 9.11 Å². The third-order valence-electron chi connectivity index (χ3n) is 3.39. The molecule has 0 saturated carbocycles. The Hall–Kier alpha value is -2.21. The Kier molecular flexibility index (Phi) is 3.25. The van der Waals surface area contributed by atoms with Crippen molar-refractivity contribution in [2.24, 2.45) is 0 Å². The molecule has 106 valence electrons. The molecule has 2 N–H and O–H groups in total. The molecule has 4 aromatic carbocycles. The van der Waals surface area contributed by atoms with Gasteiger partial charge in [-0.25, -0.2) is 0 Å². The molecule has 0 aromatic heterocycles. The Morgan fingerprint density at radius 1 is 0.571 bits per heavy atom. The van der Waals surface area contributed by atoms with E-state index in [0.717, 1.165) is 0 Å². The van der Waals surface area contributed by atoms with Crippen molar-refractivity contribution in [1.29, 1.82) is 0 Å². The molecule has 0 atom stereocenters. The van der Waals surface area contributed by atoms with E-state index in [-0.39, 0.29) is 0 Å². The summed E-state index contributed by atoms with van der Waals surface area (Å²) >= 11 is 0. The zero-order valence-electron chi connectivity index (χ0n) is 10.9. The molecule has 4 nitrogen and oxygen atoms in total. The van der Waals surface area contributed by atoms with Gasteiger partial charge in [0.05, 0.1) is 0 Å². The van der Waals surface area contributed by atoms with E-state index in [2.05, 4.69) is 60.7 Å². The third kappa shape index (κ3) is 2.80. The van der Waals surface area contributed by atoms with E-state index in [4.69, 9.17) is 17.5 Å². The van der Waals surface area contributed by atoms with Crippen molar-refractivity contribution in [3.8, 4) is 0 Å². The van der Waals surface area contributed by atoms with Crippen LogP contribution in [0.25, 0.3) is 32.3 Å². The third-order valence-corrected chi connectivity index (χ3v) is 3.39. The number of hydrogen-bond acceptors (Lipinski definition) is 2. The van der Waals surface area contributed by atoms with Crippen LogP contribution >= 0.6 is 0 Å². The maximum Gasteiger partial charge on any atom is 0.394 e. The van der Waals surface area contributed by atoms with Gasteiger partial charge in [-0.1, -0.05) is 60.7 Å². The summed E-state index contributed by atoms with van der Waals surface area (Å²) in [5, 5.41) is 8.14. The second-order valence-electron chi connectivity index (χ2n) is 4.74. The van der Waals surface area contributed by atoms with Crippen LogP contribution in [0.5, 0.6) is 0 Å². The average molecular weight is 300 g/mol. The quantitative estimate of drug-likeness (QED) is 0.381. The highest BCUT2D eigenvalue weighted by molar-refractivity contribution is 7.79. The molecule has 0 unspecified atom stereocenters. The first-order valence-corrected chi connectivity index (χ1v) is 7.65. The Morgan fingerprint density at radius 2 is 0.810 bits per heavy atom. The highest BCUT2D eigenvalue weighted by Gasteiger charge is 2.05. The van der Waals surface area contributed by atoms with E-state index in [9.17, 15) is 0 Å². The zero-order chi connectivity index (χ0) is 15.0. The molecular weight excluding hydrogens is 288 g/mol. The molecule has 0 spiro atoms. The SMILES string of the molecule is O=S(=O)(O)O.c1cc2ccc3cccc4ccc(c1)c2c34. The second-order valence-corrected chi connectivity index (χ2v) is 5.63. The summed E-state index contributed by atoms with van der Waals surface area (Å²) in [6.07, 6.45) is 0. The van der Waals surface area contributed by atoms with Crippen LogP contribution in [0, 0.1) is 0 Å². The van der Waals surface area contributed by atoms with E-state index in [0.29, 0.717) is 0 Å².